The number of carbonyl (C=O) groups is 1. The largest absolute Gasteiger partial charge is 0.316 e. The van der Waals surface area contributed by atoms with Crippen molar-refractivity contribution in [3.05, 3.63) is 53.9 Å². The van der Waals surface area contributed by atoms with Crippen molar-refractivity contribution in [3.8, 4) is 0 Å². The van der Waals surface area contributed by atoms with E-state index in [4.69, 9.17) is 0 Å². The predicted octanol–water partition coefficient (Wildman–Crippen LogP) is 2.76. The summed E-state index contributed by atoms with van der Waals surface area (Å²) in [5.74, 6) is -3.27. The molecule has 1 aromatic heterocycles. The Hall–Kier alpha value is -2.55. The first-order valence-corrected chi connectivity index (χ1v) is 8.70. The smallest absolute Gasteiger partial charge is 0.274 e. The topological polar surface area (TPSA) is 88.2 Å². The first-order chi connectivity index (χ1) is 11.3. The van der Waals surface area contributed by atoms with E-state index in [0.717, 1.165) is 12.1 Å². The summed E-state index contributed by atoms with van der Waals surface area (Å²) in [6.45, 7) is 1.65. The molecule has 24 heavy (non-hydrogen) atoms. The van der Waals surface area contributed by atoms with Crippen LogP contribution in [0.3, 0.4) is 0 Å². The average Bonchev–Trinajstić information content (AvgIpc) is 2.54. The van der Waals surface area contributed by atoms with E-state index in [1.165, 1.54) is 12.3 Å². The van der Waals surface area contributed by atoms with Gasteiger partial charge in [-0.3, -0.25) is 14.5 Å². The molecule has 0 radical (unpaired) electrons. The van der Waals surface area contributed by atoms with Crippen LogP contribution >= 0.6 is 0 Å². The lowest BCUT2D eigenvalue weighted by Crippen LogP contribution is -2.19. The van der Waals surface area contributed by atoms with Gasteiger partial charge in [-0.2, -0.15) is 0 Å². The lowest BCUT2D eigenvalue weighted by Gasteiger charge is -2.12. The molecule has 0 aliphatic rings. The van der Waals surface area contributed by atoms with Gasteiger partial charge in [0.05, 0.1) is 11.4 Å². The molecule has 6 nitrogen and oxygen atoms in total. The first kappa shape index (κ1) is 17.8. The van der Waals surface area contributed by atoms with Gasteiger partial charge in [-0.05, 0) is 30.7 Å². The summed E-state index contributed by atoms with van der Waals surface area (Å²) >= 11 is 0. The highest BCUT2D eigenvalue weighted by molar-refractivity contribution is 7.92. The zero-order valence-corrected chi connectivity index (χ0v) is 13.5. The van der Waals surface area contributed by atoms with Crippen molar-refractivity contribution in [2.45, 2.75) is 13.3 Å². The summed E-state index contributed by atoms with van der Waals surface area (Å²) in [4.78, 5) is 15.7. The van der Waals surface area contributed by atoms with E-state index in [9.17, 15) is 22.0 Å². The number of benzene rings is 1. The Morgan fingerprint density at radius 3 is 2.58 bits per heavy atom. The highest BCUT2D eigenvalue weighted by Crippen LogP contribution is 2.27. The molecule has 0 unspecified atom stereocenters. The van der Waals surface area contributed by atoms with E-state index < -0.39 is 38.9 Å². The number of carbonyl (C=O) groups excluding carboxylic acids is 1. The fourth-order valence-electron chi connectivity index (χ4n) is 1.91. The monoisotopic (exact) mass is 355 g/mol. The van der Waals surface area contributed by atoms with Crippen molar-refractivity contribution in [2.75, 3.05) is 15.8 Å². The predicted molar refractivity (Wildman–Crippen MR) is 86.2 cm³/mol. The summed E-state index contributed by atoms with van der Waals surface area (Å²) in [6, 6.07) is 6.32. The second-order valence-electron chi connectivity index (χ2n) is 4.87. The Balaban J connectivity index is 2.31. The molecule has 0 spiro atoms. The van der Waals surface area contributed by atoms with Gasteiger partial charge in [0.25, 0.3) is 5.91 Å². The lowest BCUT2D eigenvalue weighted by molar-refractivity contribution is 0.102. The Labute approximate surface area is 138 Å². The summed E-state index contributed by atoms with van der Waals surface area (Å²) < 4.78 is 53.7. The van der Waals surface area contributed by atoms with Gasteiger partial charge < -0.3 is 5.32 Å². The number of anilines is 2. The summed E-state index contributed by atoms with van der Waals surface area (Å²) in [5.41, 5.74) is -1.23. The number of nitrogens with zero attached hydrogens (tertiary/aromatic N) is 1. The second-order valence-corrected chi connectivity index (χ2v) is 6.72. The van der Waals surface area contributed by atoms with Gasteiger partial charge in [0.1, 0.15) is 17.2 Å². The van der Waals surface area contributed by atoms with Crippen LogP contribution < -0.4 is 10.0 Å². The van der Waals surface area contributed by atoms with Crippen LogP contribution in [0.2, 0.25) is 0 Å². The Morgan fingerprint density at radius 2 is 1.96 bits per heavy atom. The average molecular weight is 355 g/mol. The quantitative estimate of drug-likeness (QED) is 0.834. The fourth-order valence-corrected chi connectivity index (χ4v) is 3.04. The summed E-state index contributed by atoms with van der Waals surface area (Å²) in [6.07, 6.45) is 1.69. The van der Waals surface area contributed by atoms with Gasteiger partial charge in [-0.1, -0.05) is 13.0 Å². The molecule has 0 atom stereocenters. The third kappa shape index (κ3) is 4.25. The van der Waals surface area contributed by atoms with Gasteiger partial charge in [-0.15, -0.1) is 0 Å². The lowest BCUT2D eigenvalue weighted by atomic mass is 10.2. The van der Waals surface area contributed by atoms with Crippen LogP contribution in [0.4, 0.5) is 20.2 Å². The minimum Gasteiger partial charge on any atom is -0.316 e. The summed E-state index contributed by atoms with van der Waals surface area (Å²) in [5, 5.41) is 2.07. The molecule has 1 amide bonds. The summed E-state index contributed by atoms with van der Waals surface area (Å²) in [7, 11) is -3.75. The van der Waals surface area contributed by atoms with Crippen molar-refractivity contribution < 1.29 is 22.0 Å². The number of aromatic nitrogens is 1. The molecule has 0 aliphatic heterocycles. The van der Waals surface area contributed by atoms with Crippen LogP contribution in [-0.4, -0.2) is 25.1 Å². The number of halogens is 2. The minimum absolute atomic E-state index is 0.0340. The molecule has 9 heteroatoms. The van der Waals surface area contributed by atoms with E-state index in [0.29, 0.717) is 6.42 Å². The van der Waals surface area contributed by atoms with Gasteiger partial charge in [0, 0.05) is 6.20 Å². The van der Waals surface area contributed by atoms with E-state index in [2.05, 4.69) is 10.3 Å². The number of hydrogen-bond donors (Lipinski definition) is 2. The number of rotatable bonds is 6. The molecule has 0 aliphatic carbocycles. The third-order valence-electron chi connectivity index (χ3n) is 2.97. The normalized spacial score (nSPS) is 11.1. The molecule has 0 bridgehead atoms. The molecular formula is C15H15F2N3O3S. The molecule has 2 aromatic rings. The fraction of sp³-hybridized carbons (Fsp3) is 0.200. The maximum atomic E-state index is 14.4. The van der Waals surface area contributed by atoms with Crippen LogP contribution in [-0.2, 0) is 10.0 Å². The molecular weight excluding hydrogens is 340 g/mol. The maximum Gasteiger partial charge on any atom is 0.274 e. The van der Waals surface area contributed by atoms with Crippen LogP contribution in [0.1, 0.15) is 23.8 Å². The zero-order valence-electron chi connectivity index (χ0n) is 12.7. The second kappa shape index (κ2) is 7.35. The van der Waals surface area contributed by atoms with E-state index in [1.807, 2.05) is 4.72 Å². The molecule has 1 aromatic carbocycles. The van der Waals surface area contributed by atoms with Crippen LogP contribution in [0.5, 0.6) is 0 Å². The molecule has 0 saturated heterocycles. The highest BCUT2D eigenvalue weighted by atomic mass is 32.2. The van der Waals surface area contributed by atoms with Crippen LogP contribution in [0.15, 0.2) is 36.5 Å². The Bertz CT molecular complexity index is 843. The Kier molecular flexibility index (Phi) is 5.45. The van der Waals surface area contributed by atoms with Gasteiger partial charge in [0.2, 0.25) is 10.0 Å². The van der Waals surface area contributed by atoms with Crippen molar-refractivity contribution in [2.24, 2.45) is 0 Å². The molecule has 2 rings (SSSR count). The SMILES string of the molecule is CCCS(=O)(=O)Nc1ccc(F)c(NC(=O)c2ccccn2)c1F. The van der Waals surface area contributed by atoms with E-state index in [-0.39, 0.29) is 11.4 Å². The van der Waals surface area contributed by atoms with E-state index >= 15 is 0 Å². The van der Waals surface area contributed by atoms with Crippen molar-refractivity contribution >= 4 is 27.3 Å². The van der Waals surface area contributed by atoms with Crippen LogP contribution in [0.25, 0.3) is 0 Å². The van der Waals surface area contributed by atoms with Crippen molar-refractivity contribution in [3.63, 3.8) is 0 Å². The van der Waals surface area contributed by atoms with Crippen molar-refractivity contribution in [1.29, 1.82) is 0 Å². The number of amides is 1. The number of sulfonamides is 1. The zero-order chi connectivity index (χ0) is 17.7. The first-order valence-electron chi connectivity index (χ1n) is 7.05. The van der Waals surface area contributed by atoms with Crippen molar-refractivity contribution in [1.82, 2.24) is 4.98 Å². The van der Waals surface area contributed by atoms with Gasteiger partial charge in [0.15, 0.2) is 5.82 Å². The number of pyridine rings is 1. The minimum atomic E-state index is -3.75. The van der Waals surface area contributed by atoms with Gasteiger partial charge in [-0.25, -0.2) is 17.2 Å². The molecule has 0 fully saturated rings. The van der Waals surface area contributed by atoms with E-state index in [1.54, 1.807) is 19.1 Å². The molecule has 128 valence electrons. The molecule has 2 N–H and O–H groups in total. The maximum absolute atomic E-state index is 14.4. The van der Waals surface area contributed by atoms with Crippen LogP contribution in [0, 0.1) is 11.6 Å². The highest BCUT2D eigenvalue weighted by Gasteiger charge is 2.20. The Morgan fingerprint density at radius 1 is 1.21 bits per heavy atom. The number of nitrogens with one attached hydrogen (secondary N) is 2. The van der Waals surface area contributed by atoms with Gasteiger partial charge >= 0.3 is 0 Å². The standard InChI is InChI=1S/C15H15F2N3O3S/c1-2-9-24(22,23)20-11-7-6-10(16)14(13(11)17)19-15(21)12-5-3-4-8-18-12/h3-8,20H,2,9H2,1H3,(H,19,21). The third-order valence-corrected chi connectivity index (χ3v) is 4.44. The molecule has 0 saturated carbocycles. The number of hydrogen-bond acceptors (Lipinski definition) is 4. The molecule has 1 heterocycles.